The number of likely N-dealkylation sites (tertiary alicyclic amines) is 1. The molecule has 3 heteroatoms. The van der Waals surface area contributed by atoms with Crippen molar-refractivity contribution in [1.29, 1.82) is 0 Å². The van der Waals surface area contributed by atoms with E-state index >= 15 is 0 Å². The van der Waals surface area contributed by atoms with Crippen molar-refractivity contribution in [3.8, 4) is 0 Å². The Balaban J connectivity index is 0.00000220. The summed E-state index contributed by atoms with van der Waals surface area (Å²) in [5.41, 5.74) is 0. The summed E-state index contributed by atoms with van der Waals surface area (Å²) < 4.78 is 0. The number of carbonyl (C=O) groups is 1. The van der Waals surface area contributed by atoms with Crippen molar-refractivity contribution in [2.45, 2.75) is 71.9 Å². The number of amides is 1. The Labute approximate surface area is 126 Å². The Hall–Kier alpha value is -0.570. The molecule has 0 unspecified atom stereocenters. The van der Waals surface area contributed by atoms with Crippen LogP contribution in [0.5, 0.6) is 0 Å². The van der Waals surface area contributed by atoms with E-state index in [9.17, 15) is 4.79 Å². The van der Waals surface area contributed by atoms with Crippen molar-refractivity contribution in [3.05, 3.63) is 0 Å². The van der Waals surface area contributed by atoms with Gasteiger partial charge in [0.15, 0.2) is 0 Å². The van der Waals surface area contributed by atoms with Gasteiger partial charge < -0.3 is 10.2 Å². The molecule has 0 aromatic heterocycles. The minimum absolute atomic E-state index is 0. The van der Waals surface area contributed by atoms with Crippen LogP contribution in [0.25, 0.3) is 0 Å². The third-order valence-corrected chi connectivity index (χ3v) is 5.16. The molecule has 0 radical (unpaired) electrons. The van der Waals surface area contributed by atoms with Gasteiger partial charge >= 0.3 is 0 Å². The van der Waals surface area contributed by atoms with Gasteiger partial charge in [0.25, 0.3) is 0 Å². The molecule has 0 aromatic carbocycles. The first-order chi connectivity index (χ1) is 9.49. The first kappa shape index (κ1) is 15.8. The van der Waals surface area contributed by atoms with Crippen molar-refractivity contribution in [2.24, 2.45) is 17.8 Å². The lowest BCUT2D eigenvalue weighted by atomic mass is 9.89. The zero-order chi connectivity index (χ0) is 14.7. The fourth-order valence-corrected chi connectivity index (χ4v) is 3.87. The van der Waals surface area contributed by atoms with Crippen molar-refractivity contribution in [2.75, 3.05) is 13.1 Å². The highest BCUT2D eigenvalue weighted by Crippen LogP contribution is 2.31. The number of rotatable bonds is 5. The van der Waals surface area contributed by atoms with Crippen LogP contribution in [0, 0.1) is 17.8 Å². The van der Waals surface area contributed by atoms with Crippen molar-refractivity contribution >= 4 is 5.91 Å². The molecule has 1 heterocycles. The highest BCUT2D eigenvalue weighted by atomic mass is 16.1. The Morgan fingerprint density at radius 3 is 2.35 bits per heavy atom. The average molecular weight is 282 g/mol. The standard InChI is InChI=1S/C17H32N2O.H2/c1-12(2)16(18-17(20)13(3)4)14-9-10-19(11-14)15-7-5-6-8-15;/h12-16H,5-11H2,1-4H3,(H,18,20);1H/t14-,16+;/m0./s1. The van der Waals surface area contributed by atoms with Gasteiger partial charge in [0.05, 0.1) is 0 Å². The molecule has 1 saturated heterocycles. The average Bonchev–Trinajstić information content (AvgIpc) is 3.05. The molecule has 0 spiro atoms. The molecule has 1 saturated carbocycles. The molecule has 2 aliphatic rings. The van der Waals surface area contributed by atoms with Gasteiger partial charge in [-0.2, -0.15) is 0 Å². The van der Waals surface area contributed by atoms with Crippen LogP contribution in [0.3, 0.4) is 0 Å². The Morgan fingerprint density at radius 1 is 1.15 bits per heavy atom. The van der Waals surface area contributed by atoms with E-state index in [1.54, 1.807) is 0 Å². The second kappa shape index (κ2) is 6.93. The van der Waals surface area contributed by atoms with Crippen LogP contribution in [-0.2, 0) is 4.79 Å². The molecular weight excluding hydrogens is 248 g/mol. The molecule has 2 fully saturated rings. The van der Waals surface area contributed by atoms with Crippen LogP contribution in [0.4, 0.5) is 0 Å². The van der Waals surface area contributed by atoms with Gasteiger partial charge in [-0.05, 0) is 37.6 Å². The number of nitrogens with zero attached hydrogens (tertiary/aromatic N) is 1. The topological polar surface area (TPSA) is 32.3 Å². The monoisotopic (exact) mass is 282 g/mol. The number of nitrogens with one attached hydrogen (secondary N) is 1. The highest BCUT2D eigenvalue weighted by Gasteiger charge is 2.35. The van der Waals surface area contributed by atoms with Crippen LogP contribution in [0.2, 0.25) is 0 Å². The van der Waals surface area contributed by atoms with Crippen LogP contribution < -0.4 is 5.32 Å². The third-order valence-electron chi connectivity index (χ3n) is 5.16. The Kier molecular flexibility index (Phi) is 5.48. The first-order valence-corrected chi connectivity index (χ1v) is 8.53. The van der Waals surface area contributed by atoms with E-state index in [0.717, 1.165) is 6.04 Å². The summed E-state index contributed by atoms with van der Waals surface area (Å²) in [4.78, 5) is 14.7. The molecule has 2 rings (SSSR count). The maximum absolute atomic E-state index is 12.0. The summed E-state index contributed by atoms with van der Waals surface area (Å²) in [7, 11) is 0. The molecule has 1 aliphatic heterocycles. The summed E-state index contributed by atoms with van der Waals surface area (Å²) in [6.07, 6.45) is 6.83. The molecule has 0 aromatic rings. The summed E-state index contributed by atoms with van der Waals surface area (Å²) in [6, 6.07) is 1.17. The summed E-state index contributed by atoms with van der Waals surface area (Å²) in [5.74, 6) is 1.45. The lowest BCUT2D eigenvalue weighted by Gasteiger charge is -2.30. The van der Waals surface area contributed by atoms with Crippen molar-refractivity contribution < 1.29 is 6.22 Å². The second-order valence-electron chi connectivity index (χ2n) is 7.42. The van der Waals surface area contributed by atoms with E-state index in [2.05, 4.69) is 24.1 Å². The number of hydrogen-bond donors (Lipinski definition) is 1. The second-order valence-corrected chi connectivity index (χ2v) is 7.42. The first-order valence-electron chi connectivity index (χ1n) is 8.53. The van der Waals surface area contributed by atoms with Crippen LogP contribution in [0.1, 0.15) is 61.2 Å². The zero-order valence-electron chi connectivity index (χ0n) is 13.7. The SMILES string of the molecule is CC(C)C(=O)N[C@H](C(C)C)[C@H]1CCN(C2CCCC2)C1.[HH]. The fraction of sp³-hybridized carbons (Fsp3) is 0.941. The normalized spacial score (nSPS) is 26.6. The smallest absolute Gasteiger partial charge is 0.222 e. The van der Waals surface area contributed by atoms with Crippen molar-refractivity contribution in [3.63, 3.8) is 0 Å². The molecule has 20 heavy (non-hydrogen) atoms. The highest BCUT2D eigenvalue weighted by molar-refractivity contribution is 5.78. The van der Waals surface area contributed by atoms with Gasteiger partial charge in [0, 0.05) is 26.0 Å². The molecule has 2 atom stereocenters. The maximum atomic E-state index is 12.0. The van der Waals surface area contributed by atoms with Crippen LogP contribution in [0.15, 0.2) is 0 Å². The third kappa shape index (κ3) is 3.75. The molecule has 3 nitrogen and oxygen atoms in total. The summed E-state index contributed by atoms with van der Waals surface area (Å²) in [5, 5.41) is 3.30. The minimum Gasteiger partial charge on any atom is -0.353 e. The van der Waals surface area contributed by atoms with E-state index in [1.165, 1.54) is 45.2 Å². The molecule has 1 aliphatic carbocycles. The van der Waals surface area contributed by atoms with E-state index in [-0.39, 0.29) is 13.3 Å². The molecule has 0 bridgehead atoms. The largest absolute Gasteiger partial charge is 0.353 e. The lowest BCUT2D eigenvalue weighted by Crippen LogP contribution is -2.46. The van der Waals surface area contributed by atoms with Gasteiger partial charge in [-0.1, -0.05) is 40.5 Å². The Bertz CT molecular complexity index is 327. The van der Waals surface area contributed by atoms with Gasteiger partial charge in [-0.25, -0.2) is 0 Å². The van der Waals surface area contributed by atoms with Gasteiger partial charge in [0.2, 0.25) is 5.91 Å². The summed E-state index contributed by atoms with van der Waals surface area (Å²) in [6.45, 7) is 10.9. The van der Waals surface area contributed by atoms with E-state index in [1.807, 2.05) is 13.8 Å². The fourth-order valence-electron chi connectivity index (χ4n) is 3.87. The van der Waals surface area contributed by atoms with Gasteiger partial charge in [0.1, 0.15) is 0 Å². The zero-order valence-corrected chi connectivity index (χ0v) is 13.7. The van der Waals surface area contributed by atoms with Gasteiger partial charge in [-0.15, -0.1) is 0 Å². The van der Waals surface area contributed by atoms with Crippen LogP contribution >= 0.6 is 0 Å². The van der Waals surface area contributed by atoms with E-state index < -0.39 is 0 Å². The van der Waals surface area contributed by atoms with Crippen LogP contribution in [-0.4, -0.2) is 36.0 Å². The quantitative estimate of drug-likeness (QED) is 0.839. The minimum atomic E-state index is 0. The maximum Gasteiger partial charge on any atom is 0.222 e. The van der Waals surface area contributed by atoms with E-state index in [0.29, 0.717) is 17.9 Å². The molecule has 118 valence electrons. The molecular formula is C17H34N2O. The predicted octanol–water partition coefficient (Wildman–Crippen LogP) is 3.29. The Morgan fingerprint density at radius 2 is 1.80 bits per heavy atom. The number of carbonyl (C=O) groups excluding carboxylic acids is 1. The predicted molar refractivity (Wildman–Crippen MR) is 85.7 cm³/mol. The molecule has 1 amide bonds. The van der Waals surface area contributed by atoms with E-state index in [4.69, 9.17) is 0 Å². The van der Waals surface area contributed by atoms with Gasteiger partial charge in [-0.3, -0.25) is 4.79 Å². The van der Waals surface area contributed by atoms with Crippen molar-refractivity contribution in [1.82, 2.24) is 10.2 Å². The lowest BCUT2D eigenvalue weighted by molar-refractivity contribution is -0.125. The number of hydrogen-bond acceptors (Lipinski definition) is 2. The summed E-state index contributed by atoms with van der Waals surface area (Å²) >= 11 is 0. The molecule has 1 N–H and O–H groups in total.